The lowest BCUT2D eigenvalue weighted by atomic mass is 9.85. The van der Waals surface area contributed by atoms with Crippen LogP contribution in [0.2, 0.25) is 0 Å². The SMILES string of the molecule is C=C[C@@H]1C[C@]1(NC(=O)[C@@H]1C[C@@H](Oc2cc(-c3csc(NC(C)C)n3)nc3cc(N(C)C)c(C)cc23)CN1C(=O)[C@@H](NC(=O)OC1CCCC1)C(C)(C)C)C(=O)O. The Morgan fingerprint density at radius 1 is 1.09 bits per heavy atom. The van der Waals surface area contributed by atoms with Gasteiger partial charge < -0.3 is 40.3 Å². The van der Waals surface area contributed by atoms with Crippen LogP contribution in [0, 0.1) is 18.3 Å². The fourth-order valence-corrected chi connectivity index (χ4v) is 8.60. The van der Waals surface area contributed by atoms with Gasteiger partial charge in [-0.15, -0.1) is 17.9 Å². The number of benzene rings is 1. The summed E-state index contributed by atoms with van der Waals surface area (Å²) in [6.45, 7) is 15.3. The Bertz CT molecular complexity index is 2000. The molecule has 3 aromatic rings. The highest BCUT2D eigenvalue weighted by molar-refractivity contribution is 7.14. The first-order chi connectivity index (χ1) is 26.4. The summed E-state index contributed by atoms with van der Waals surface area (Å²) in [6, 6.07) is 3.90. The van der Waals surface area contributed by atoms with Gasteiger partial charge in [-0.1, -0.05) is 26.8 Å². The molecule has 3 amide bonds. The van der Waals surface area contributed by atoms with Crippen LogP contribution in [0.5, 0.6) is 5.75 Å². The number of carbonyl (C=O) groups excluding carboxylic acids is 3. The minimum absolute atomic E-state index is 0.000875. The second kappa shape index (κ2) is 15.9. The fraction of sp³-hybridized carbons (Fsp3) is 0.561. The van der Waals surface area contributed by atoms with E-state index in [1.165, 1.54) is 22.3 Å². The predicted molar refractivity (Wildman–Crippen MR) is 217 cm³/mol. The smallest absolute Gasteiger partial charge is 0.408 e. The van der Waals surface area contributed by atoms with Gasteiger partial charge in [0.15, 0.2) is 5.13 Å². The Morgan fingerprint density at radius 2 is 1.80 bits per heavy atom. The van der Waals surface area contributed by atoms with Crippen molar-refractivity contribution in [3.05, 3.63) is 41.8 Å². The number of carboxylic acid groups (broad SMARTS) is 1. The van der Waals surface area contributed by atoms with Crippen molar-refractivity contribution >= 4 is 56.9 Å². The van der Waals surface area contributed by atoms with Crippen LogP contribution in [0.25, 0.3) is 22.3 Å². The van der Waals surface area contributed by atoms with E-state index in [0.29, 0.717) is 22.7 Å². The molecule has 56 heavy (non-hydrogen) atoms. The molecule has 5 atom stereocenters. The Balaban J connectivity index is 1.35. The van der Waals surface area contributed by atoms with Crippen molar-refractivity contribution in [3.8, 4) is 17.1 Å². The first-order valence-corrected chi connectivity index (χ1v) is 20.3. The molecule has 4 N–H and O–H groups in total. The van der Waals surface area contributed by atoms with Crippen LogP contribution < -0.4 is 25.6 Å². The van der Waals surface area contributed by atoms with Crippen molar-refractivity contribution in [2.24, 2.45) is 11.3 Å². The molecular weight excluding hydrogens is 735 g/mol. The van der Waals surface area contributed by atoms with E-state index in [4.69, 9.17) is 19.4 Å². The number of nitrogens with zero attached hydrogens (tertiary/aromatic N) is 4. The Labute approximate surface area is 332 Å². The molecule has 1 saturated heterocycles. The minimum Gasteiger partial charge on any atom is -0.488 e. The van der Waals surface area contributed by atoms with Crippen molar-refractivity contribution in [3.63, 3.8) is 0 Å². The maximum atomic E-state index is 14.6. The number of aliphatic carboxylic acids is 1. The standard InChI is InChI=1S/C41H55N7O7S/c1-10-24-19-41(24,37(51)52)46-35(49)32-16-26(20-48(32)36(50)34(40(5,6)7)45-39(53)55-25-13-11-12-14-25)54-33-18-29(30-21-56-38(44-30)42-22(2)3)43-28-17-31(47(8)9)23(4)15-27(28)33/h10,15,17-18,21-22,24-26,32,34H,1,11-14,16,19-20H2,2-9H3,(H,42,44)(H,45,53)(H,46,49)(H,51,52)/t24-,26-,32+,34-,41-/m1/s1. The molecule has 6 rings (SSSR count). The maximum Gasteiger partial charge on any atom is 0.408 e. The Kier molecular flexibility index (Phi) is 11.6. The lowest BCUT2D eigenvalue weighted by molar-refractivity contribution is -0.146. The first kappa shape index (κ1) is 40.7. The van der Waals surface area contributed by atoms with Crippen LogP contribution in [-0.4, -0.2) is 100 Å². The molecule has 3 aliphatic rings. The molecule has 0 spiro atoms. The lowest BCUT2D eigenvalue weighted by Gasteiger charge is -2.35. The van der Waals surface area contributed by atoms with Gasteiger partial charge in [0.2, 0.25) is 11.8 Å². The quantitative estimate of drug-likeness (QED) is 0.147. The van der Waals surface area contributed by atoms with Crippen molar-refractivity contribution < 1.29 is 33.8 Å². The van der Waals surface area contributed by atoms with Crippen molar-refractivity contribution in [2.45, 2.75) is 116 Å². The third kappa shape index (κ3) is 8.57. The zero-order chi connectivity index (χ0) is 40.7. The molecule has 0 unspecified atom stereocenters. The number of pyridine rings is 1. The van der Waals surface area contributed by atoms with E-state index < -0.39 is 58.9 Å². The molecule has 15 heteroatoms. The van der Waals surface area contributed by atoms with E-state index >= 15 is 0 Å². The number of anilines is 2. The number of alkyl carbamates (subject to hydrolysis) is 1. The largest absolute Gasteiger partial charge is 0.488 e. The minimum atomic E-state index is -1.51. The molecule has 302 valence electrons. The Hall–Kier alpha value is -4.92. The zero-order valence-corrected chi connectivity index (χ0v) is 34.4. The topological polar surface area (TPSA) is 175 Å². The van der Waals surface area contributed by atoms with Gasteiger partial charge >= 0.3 is 12.1 Å². The van der Waals surface area contributed by atoms with Crippen molar-refractivity contribution in [2.75, 3.05) is 30.9 Å². The fourth-order valence-electron chi connectivity index (χ4n) is 7.75. The Morgan fingerprint density at radius 3 is 2.41 bits per heavy atom. The van der Waals surface area contributed by atoms with Crippen LogP contribution in [0.1, 0.15) is 78.7 Å². The second-order valence-corrected chi connectivity index (χ2v) is 17.8. The summed E-state index contributed by atoms with van der Waals surface area (Å²) in [5.41, 5.74) is 1.66. The molecule has 3 fully saturated rings. The van der Waals surface area contributed by atoms with Gasteiger partial charge in [0.1, 0.15) is 41.3 Å². The molecule has 3 heterocycles. The third-order valence-electron chi connectivity index (χ3n) is 10.9. The van der Waals surface area contributed by atoms with Crippen molar-refractivity contribution in [1.29, 1.82) is 0 Å². The van der Waals surface area contributed by atoms with Crippen LogP contribution in [0.4, 0.5) is 15.6 Å². The number of ether oxygens (including phenoxy) is 2. The van der Waals surface area contributed by atoms with Gasteiger partial charge in [-0.05, 0) is 76.0 Å². The monoisotopic (exact) mass is 789 g/mol. The number of hydrogen-bond acceptors (Lipinski definition) is 11. The van der Waals surface area contributed by atoms with Gasteiger partial charge in [-0.3, -0.25) is 9.59 Å². The van der Waals surface area contributed by atoms with Crippen LogP contribution in [0.15, 0.2) is 36.2 Å². The summed E-state index contributed by atoms with van der Waals surface area (Å²) in [5.74, 6) is -2.22. The van der Waals surface area contributed by atoms with Gasteiger partial charge in [-0.25, -0.2) is 19.6 Å². The van der Waals surface area contributed by atoms with Crippen LogP contribution in [0.3, 0.4) is 0 Å². The molecule has 0 radical (unpaired) electrons. The van der Waals surface area contributed by atoms with E-state index in [1.807, 2.05) is 84.1 Å². The molecule has 2 aromatic heterocycles. The molecule has 1 aliphatic heterocycles. The average Bonchev–Trinajstić information content (AvgIpc) is 3.52. The summed E-state index contributed by atoms with van der Waals surface area (Å²) in [4.78, 5) is 67.6. The number of aromatic nitrogens is 2. The normalized spacial score (nSPS) is 22.8. The number of carboxylic acids is 1. The number of rotatable bonds is 13. The van der Waals surface area contributed by atoms with Crippen LogP contribution in [-0.2, 0) is 19.1 Å². The number of hydrogen-bond donors (Lipinski definition) is 4. The third-order valence-corrected chi connectivity index (χ3v) is 11.6. The van der Waals surface area contributed by atoms with Gasteiger partial charge in [0.05, 0.1) is 17.8 Å². The van der Waals surface area contributed by atoms with E-state index in [-0.39, 0.29) is 31.5 Å². The second-order valence-electron chi connectivity index (χ2n) is 16.9. The number of carbonyl (C=O) groups is 4. The zero-order valence-electron chi connectivity index (χ0n) is 33.6. The lowest BCUT2D eigenvalue weighted by Crippen LogP contribution is -2.59. The van der Waals surface area contributed by atoms with Crippen LogP contribution >= 0.6 is 11.3 Å². The van der Waals surface area contributed by atoms with Gasteiger partial charge in [0.25, 0.3) is 0 Å². The summed E-state index contributed by atoms with van der Waals surface area (Å²) in [7, 11) is 3.94. The number of thiazole rings is 1. The summed E-state index contributed by atoms with van der Waals surface area (Å²) in [6.07, 6.45) is 3.69. The highest BCUT2D eigenvalue weighted by atomic mass is 32.1. The maximum absolute atomic E-state index is 14.6. The first-order valence-electron chi connectivity index (χ1n) is 19.4. The number of nitrogens with one attached hydrogen (secondary N) is 3. The van der Waals surface area contributed by atoms with E-state index in [9.17, 15) is 24.3 Å². The number of fused-ring (bicyclic) bond motifs is 1. The highest BCUT2D eigenvalue weighted by Crippen LogP contribution is 2.45. The molecule has 2 saturated carbocycles. The van der Waals surface area contributed by atoms with Gasteiger partial charge in [0, 0.05) is 55.0 Å². The number of aryl methyl sites for hydroxylation is 1. The number of amides is 3. The van der Waals surface area contributed by atoms with Gasteiger partial charge in [-0.2, -0.15) is 0 Å². The molecule has 0 bridgehead atoms. The summed E-state index contributed by atoms with van der Waals surface area (Å²) in [5, 5.41) is 22.5. The molecule has 14 nitrogen and oxygen atoms in total. The van der Waals surface area contributed by atoms with Crippen molar-refractivity contribution in [1.82, 2.24) is 25.5 Å². The number of likely N-dealkylation sites (tertiary alicyclic amines) is 1. The predicted octanol–water partition coefficient (Wildman–Crippen LogP) is 6.13. The average molecular weight is 790 g/mol. The summed E-state index contributed by atoms with van der Waals surface area (Å²) >= 11 is 1.48. The molecule has 2 aliphatic carbocycles. The molecule has 1 aromatic carbocycles. The summed E-state index contributed by atoms with van der Waals surface area (Å²) < 4.78 is 12.5. The highest BCUT2D eigenvalue weighted by Gasteiger charge is 2.61. The van der Waals surface area contributed by atoms with E-state index in [1.54, 1.807) is 0 Å². The van der Waals surface area contributed by atoms with E-state index in [0.717, 1.165) is 47.5 Å². The molecular formula is C41H55N7O7S. The van der Waals surface area contributed by atoms with E-state index in [2.05, 4.69) is 22.5 Å².